The molecule has 2 aromatic carbocycles. The maximum Gasteiger partial charge on any atom is 0.255 e. The van der Waals surface area contributed by atoms with Crippen molar-refractivity contribution in [1.82, 2.24) is 4.72 Å². The van der Waals surface area contributed by atoms with Crippen LogP contribution >= 0.6 is 11.6 Å². The normalized spacial score (nSPS) is 14.1. The summed E-state index contributed by atoms with van der Waals surface area (Å²) in [6, 6.07) is 10.9. The van der Waals surface area contributed by atoms with Gasteiger partial charge in [0.1, 0.15) is 5.75 Å². The van der Waals surface area contributed by atoms with Crippen LogP contribution in [0.1, 0.15) is 37.0 Å². The lowest BCUT2D eigenvalue weighted by atomic mass is 10.2. The molecule has 6 nitrogen and oxygen atoms in total. The van der Waals surface area contributed by atoms with Gasteiger partial charge in [0, 0.05) is 17.3 Å². The van der Waals surface area contributed by atoms with E-state index in [4.69, 9.17) is 16.3 Å². The van der Waals surface area contributed by atoms with Gasteiger partial charge in [-0.1, -0.05) is 25.4 Å². The van der Waals surface area contributed by atoms with E-state index in [1.807, 2.05) is 13.8 Å². The van der Waals surface area contributed by atoms with Crippen molar-refractivity contribution >= 4 is 33.2 Å². The Labute approximate surface area is 170 Å². The van der Waals surface area contributed by atoms with Crippen LogP contribution in [0.2, 0.25) is 5.02 Å². The summed E-state index contributed by atoms with van der Waals surface area (Å²) in [7, 11) is -3.53. The highest BCUT2D eigenvalue weighted by Gasteiger charge is 2.28. The van der Waals surface area contributed by atoms with E-state index in [-0.39, 0.29) is 16.8 Å². The standard InChI is InChI=1S/C20H23ClN2O4S/c1-13(2)12-27-19-10-7-16(11-18(19)21)22-20(24)14-3-8-17(9-4-14)28(25,26)23-15-5-6-15/h3-4,7-11,13,15,23H,5-6,12H2,1-2H3,(H,22,24). The molecular weight excluding hydrogens is 400 g/mol. The monoisotopic (exact) mass is 422 g/mol. The molecule has 0 spiro atoms. The van der Waals surface area contributed by atoms with Gasteiger partial charge >= 0.3 is 0 Å². The lowest BCUT2D eigenvalue weighted by molar-refractivity contribution is 0.102. The Kier molecular flexibility index (Phi) is 6.27. The van der Waals surface area contributed by atoms with Gasteiger partial charge in [-0.05, 0) is 61.2 Å². The lowest BCUT2D eigenvalue weighted by Gasteiger charge is -2.12. The number of rotatable bonds is 8. The van der Waals surface area contributed by atoms with E-state index in [1.165, 1.54) is 24.3 Å². The summed E-state index contributed by atoms with van der Waals surface area (Å²) in [6.07, 6.45) is 1.73. The predicted octanol–water partition coefficient (Wildman–Crippen LogP) is 4.07. The molecule has 0 heterocycles. The third-order valence-electron chi connectivity index (χ3n) is 4.09. The van der Waals surface area contributed by atoms with E-state index in [1.54, 1.807) is 18.2 Å². The molecule has 0 aliphatic heterocycles. The van der Waals surface area contributed by atoms with Crippen molar-refractivity contribution in [2.75, 3.05) is 11.9 Å². The number of carbonyl (C=O) groups excluding carboxylic acids is 1. The lowest BCUT2D eigenvalue weighted by Crippen LogP contribution is -2.25. The molecule has 150 valence electrons. The van der Waals surface area contributed by atoms with Gasteiger partial charge < -0.3 is 10.1 Å². The molecule has 0 saturated heterocycles. The molecule has 28 heavy (non-hydrogen) atoms. The Morgan fingerprint density at radius 1 is 1.18 bits per heavy atom. The first kappa shape index (κ1) is 20.6. The summed E-state index contributed by atoms with van der Waals surface area (Å²) >= 11 is 6.21. The fraction of sp³-hybridized carbons (Fsp3) is 0.350. The zero-order valence-electron chi connectivity index (χ0n) is 15.7. The summed E-state index contributed by atoms with van der Waals surface area (Å²) < 4.78 is 32.6. The summed E-state index contributed by atoms with van der Waals surface area (Å²) in [4.78, 5) is 12.6. The molecule has 0 atom stereocenters. The van der Waals surface area contributed by atoms with Crippen LogP contribution in [0.15, 0.2) is 47.4 Å². The van der Waals surface area contributed by atoms with Crippen LogP contribution < -0.4 is 14.8 Å². The van der Waals surface area contributed by atoms with E-state index >= 15 is 0 Å². The number of nitrogens with one attached hydrogen (secondary N) is 2. The number of halogens is 1. The van der Waals surface area contributed by atoms with Crippen molar-refractivity contribution in [3.8, 4) is 5.75 Å². The average molecular weight is 423 g/mol. The summed E-state index contributed by atoms with van der Waals surface area (Å²) in [6.45, 7) is 4.64. The fourth-order valence-corrected chi connectivity index (χ4v) is 3.97. The Balaban J connectivity index is 1.65. The van der Waals surface area contributed by atoms with Crippen LogP contribution in [0.25, 0.3) is 0 Å². The number of amides is 1. The minimum Gasteiger partial charge on any atom is -0.492 e. The molecule has 1 saturated carbocycles. The average Bonchev–Trinajstić information content (AvgIpc) is 3.44. The Hall–Kier alpha value is -2.09. The molecular formula is C20H23ClN2O4S. The zero-order chi connectivity index (χ0) is 20.3. The molecule has 1 aliphatic carbocycles. The number of anilines is 1. The summed E-state index contributed by atoms with van der Waals surface area (Å²) in [5.41, 5.74) is 0.876. The highest BCUT2D eigenvalue weighted by molar-refractivity contribution is 7.89. The minimum absolute atomic E-state index is 0.0326. The number of benzene rings is 2. The first-order valence-corrected chi connectivity index (χ1v) is 11.0. The highest BCUT2D eigenvalue weighted by Crippen LogP contribution is 2.28. The van der Waals surface area contributed by atoms with Gasteiger partial charge in [-0.2, -0.15) is 0 Å². The SMILES string of the molecule is CC(C)COc1ccc(NC(=O)c2ccc(S(=O)(=O)NC3CC3)cc2)cc1Cl. The van der Waals surface area contributed by atoms with Crippen LogP contribution in [0.4, 0.5) is 5.69 Å². The smallest absolute Gasteiger partial charge is 0.255 e. The van der Waals surface area contributed by atoms with E-state index < -0.39 is 10.0 Å². The molecule has 0 unspecified atom stereocenters. The van der Waals surface area contributed by atoms with Gasteiger partial charge in [0.2, 0.25) is 10.0 Å². The molecule has 0 bridgehead atoms. The van der Waals surface area contributed by atoms with E-state index in [2.05, 4.69) is 10.0 Å². The van der Waals surface area contributed by atoms with Crippen LogP contribution in [-0.2, 0) is 10.0 Å². The Bertz CT molecular complexity index is 955. The first-order chi connectivity index (χ1) is 13.2. The maximum atomic E-state index is 12.4. The molecule has 8 heteroatoms. The molecule has 1 aliphatic rings. The number of hydrogen-bond acceptors (Lipinski definition) is 4. The predicted molar refractivity (Wildman–Crippen MR) is 110 cm³/mol. The van der Waals surface area contributed by atoms with Crippen molar-refractivity contribution in [2.45, 2.75) is 37.6 Å². The van der Waals surface area contributed by atoms with Crippen LogP contribution in [0.3, 0.4) is 0 Å². The van der Waals surface area contributed by atoms with Gasteiger partial charge in [-0.3, -0.25) is 4.79 Å². The third-order valence-corrected chi connectivity index (χ3v) is 5.92. The molecule has 1 fully saturated rings. The van der Waals surface area contributed by atoms with Gasteiger partial charge in [0.15, 0.2) is 0 Å². The van der Waals surface area contributed by atoms with Crippen molar-refractivity contribution in [3.63, 3.8) is 0 Å². The largest absolute Gasteiger partial charge is 0.492 e. The van der Waals surface area contributed by atoms with Crippen molar-refractivity contribution in [3.05, 3.63) is 53.1 Å². The maximum absolute atomic E-state index is 12.4. The minimum atomic E-state index is -3.53. The van der Waals surface area contributed by atoms with Gasteiger partial charge in [-0.25, -0.2) is 13.1 Å². The van der Waals surface area contributed by atoms with Crippen molar-refractivity contribution in [2.24, 2.45) is 5.92 Å². The van der Waals surface area contributed by atoms with Crippen molar-refractivity contribution < 1.29 is 17.9 Å². The molecule has 3 rings (SSSR count). The van der Waals surface area contributed by atoms with Gasteiger partial charge in [0.25, 0.3) is 5.91 Å². The number of sulfonamides is 1. The first-order valence-electron chi connectivity index (χ1n) is 9.11. The molecule has 0 aromatic heterocycles. The number of ether oxygens (including phenoxy) is 1. The summed E-state index contributed by atoms with van der Waals surface area (Å²) in [5.74, 6) is 0.582. The van der Waals surface area contributed by atoms with E-state index in [0.29, 0.717) is 34.5 Å². The number of carbonyl (C=O) groups is 1. The molecule has 0 radical (unpaired) electrons. The number of hydrogen-bond donors (Lipinski definition) is 2. The zero-order valence-corrected chi connectivity index (χ0v) is 17.3. The second-order valence-corrected chi connectivity index (χ2v) is 9.35. The second kappa shape index (κ2) is 8.51. The highest BCUT2D eigenvalue weighted by atomic mass is 35.5. The van der Waals surface area contributed by atoms with Crippen LogP contribution in [0, 0.1) is 5.92 Å². The van der Waals surface area contributed by atoms with Gasteiger partial charge in [0.05, 0.1) is 16.5 Å². The van der Waals surface area contributed by atoms with E-state index in [9.17, 15) is 13.2 Å². The van der Waals surface area contributed by atoms with Gasteiger partial charge in [-0.15, -0.1) is 0 Å². The van der Waals surface area contributed by atoms with Crippen LogP contribution in [0.5, 0.6) is 5.75 Å². The fourth-order valence-electron chi connectivity index (χ4n) is 2.43. The second-order valence-electron chi connectivity index (χ2n) is 7.22. The Morgan fingerprint density at radius 3 is 2.43 bits per heavy atom. The van der Waals surface area contributed by atoms with E-state index in [0.717, 1.165) is 12.8 Å². The van der Waals surface area contributed by atoms with Crippen molar-refractivity contribution in [1.29, 1.82) is 0 Å². The molecule has 1 amide bonds. The molecule has 2 aromatic rings. The quantitative estimate of drug-likeness (QED) is 0.671. The summed E-state index contributed by atoms with van der Waals surface area (Å²) in [5, 5.41) is 3.16. The topological polar surface area (TPSA) is 84.5 Å². The van der Waals surface area contributed by atoms with Crippen LogP contribution in [-0.4, -0.2) is 27.0 Å². The molecule has 2 N–H and O–H groups in total. The third kappa shape index (κ3) is 5.47. The Morgan fingerprint density at radius 2 is 1.86 bits per heavy atom.